The summed E-state index contributed by atoms with van der Waals surface area (Å²) in [6, 6.07) is 10.5. The van der Waals surface area contributed by atoms with Crippen LogP contribution in [0.5, 0.6) is 0 Å². The highest BCUT2D eigenvalue weighted by Crippen LogP contribution is 2.37. The van der Waals surface area contributed by atoms with Crippen LogP contribution in [0.15, 0.2) is 72.9 Å². The minimum Gasteiger partial charge on any atom is -0.326 e. The number of halogens is 1. The average Bonchev–Trinajstić information content (AvgIpc) is 3.28. The molecule has 5 aromatic rings. The molecule has 0 aliphatic rings. The highest BCUT2D eigenvalue weighted by atomic mass is 32.1. The third-order valence-corrected chi connectivity index (χ3v) is 6.41. The van der Waals surface area contributed by atoms with Crippen LogP contribution in [0.3, 0.4) is 0 Å². The van der Waals surface area contributed by atoms with Gasteiger partial charge in [-0.05, 0) is 18.1 Å². The van der Waals surface area contributed by atoms with Gasteiger partial charge >= 0.3 is 0 Å². The van der Waals surface area contributed by atoms with Crippen molar-refractivity contribution < 1.29 is 4.39 Å². The molecule has 0 aliphatic heterocycles. The van der Waals surface area contributed by atoms with Gasteiger partial charge in [0.05, 0.1) is 33.7 Å². The van der Waals surface area contributed by atoms with Crippen LogP contribution >= 0.6 is 11.3 Å². The fourth-order valence-corrected chi connectivity index (χ4v) is 4.76. The Balaban J connectivity index is 1.65. The van der Waals surface area contributed by atoms with Crippen LogP contribution in [0.1, 0.15) is 17.3 Å². The van der Waals surface area contributed by atoms with Gasteiger partial charge in [0.25, 0.3) is 0 Å². The van der Waals surface area contributed by atoms with Gasteiger partial charge in [0.1, 0.15) is 6.33 Å². The third kappa shape index (κ3) is 4.21. The number of benzene rings is 1. The van der Waals surface area contributed by atoms with Crippen LogP contribution in [0.2, 0.25) is 0 Å². The maximum Gasteiger partial charge on any atom is 0.163 e. The minimum atomic E-state index is -0.585. The third-order valence-electron chi connectivity index (χ3n) is 5.42. The van der Waals surface area contributed by atoms with Crippen molar-refractivity contribution in [1.82, 2.24) is 24.9 Å². The van der Waals surface area contributed by atoms with Gasteiger partial charge in [0, 0.05) is 41.1 Å². The lowest BCUT2D eigenvalue weighted by atomic mass is 9.97. The van der Waals surface area contributed by atoms with Crippen LogP contribution in [0.4, 0.5) is 4.39 Å². The van der Waals surface area contributed by atoms with E-state index in [0.29, 0.717) is 17.6 Å². The summed E-state index contributed by atoms with van der Waals surface area (Å²) < 4.78 is 15.4. The van der Waals surface area contributed by atoms with E-state index in [4.69, 9.17) is 21.4 Å². The van der Waals surface area contributed by atoms with E-state index < -0.39 is 17.9 Å². The highest BCUT2D eigenvalue weighted by molar-refractivity contribution is 7.17. The van der Waals surface area contributed by atoms with Crippen molar-refractivity contribution in [3.8, 4) is 22.5 Å². The molecule has 4 N–H and O–H groups in total. The topological polar surface area (TPSA) is 116 Å². The standard InChI is InChI=1S/C24H20FN7S/c25-18-11-28-7-6-16(18)24-31-21-17(15-9-29-13-30-10-15)12-33-23(21)22(32-24)20(27)19(26)8-14-4-2-1-3-5-14/h1-7,9-13,19-20H,8,26-27H2. The van der Waals surface area contributed by atoms with Crippen LogP contribution in [0.25, 0.3) is 32.7 Å². The van der Waals surface area contributed by atoms with E-state index >= 15 is 0 Å². The molecule has 4 heterocycles. The average molecular weight is 458 g/mol. The van der Waals surface area contributed by atoms with Crippen molar-refractivity contribution in [2.45, 2.75) is 18.5 Å². The minimum absolute atomic E-state index is 0.233. The second-order valence-corrected chi connectivity index (χ2v) is 8.50. The quantitative estimate of drug-likeness (QED) is 0.397. The summed E-state index contributed by atoms with van der Waals surface area (Å²) in [7, 11) is 0. The van der Waals surface area contributed by atoms with Crippen LogP contribution < -0.4 is 11.5 Å². The van der Waals surface area contributed by atoms with Gasteiger partial charge < -0.3 is 11.5 Å². The van der Waals surface area contributed by atoms with Crippen molar-refractivity contribution in [3.05, 3.63) is 90.0 Å². The summed E-state index contributed by atoms with van der Waals surface area (Å²) in [6.07, 6.45) is 8.12. The summed E-state index contributed by atoms with van der Waals surface area (Å²) in [4.78, 5) is 21.5. The molecule has 0 aliphatic carbocycles. The zero-order valence-electron chi connectivity index (χ0n) is 17.5. The molecule has 0 fully saturated rings. The van der Waals surface area contributed by atoms with E-state index in [2.05, 4.69) is 15.0 Å². The van der Waals surface area contributed by atoms with E-state index in [0.717, 1.165) is 27.6 Å². The summed E-state index contributed by atoms with van der Waals surface area (Å²) >= 11 is 1.47. The predicted octanol–water partition coefficient (Wildman–Crippen LogP) is 3.92. The molecule has 164 valence electrons. The van der Waals surface area contributed by atoms with E-state index in [1.807, 2.05) is 35.7 Å². The molecule has 0 spiro atoms. The van der Waals surface area contributed by atoms with E-state index in [1.54, 1.807) is 18.5 Å². The molecule has 0 saturated carbocycles. The molecule has 0 bridgehead atoms. The number of fused-ring (bicyclic) bond motifs is 1. The van der Waals surface area contributed by atoms with E-state index in [9.17, 15) is 4.39 Å². The Morgan fingerprint density at radius 3 is 2.45 bits per heavy atom. The second kappa shape index (κ2) is 9.07. The first-order chi connectivity index (χ1) is 16.1. The lowest BCUT2D eigenvalue weighted by molar-refractivity contribution is 0.536. The molecular weight excluding hydrogens is 437 g/mol. The number of hydrogen-bond acceptors (Lipinski definition) is 8. The van der Waals surface area contributed by atoms with Gasteiger partial charge in [-0.1, -0.05) is 30.3 Å². The lowest BCUT2D eigenvalue weighted by Crippen LogP contribution is -2.36. The Morgan fingerprint density at radius 2 is 1.70 bits per heavy atom. The summed E-state index contributed by atoms with van der Waals surface area (Å²) in [5.74, 6) is -0.277. The van der Waals surface area contributed by atoms with Gasteiger partial charge in [-0.3, -0.25) is 4.98 Å². The molecule has 0 radical (unpaired) electrons. The maximum atomic E-state index is 14.6. The second-order valence-electron chi connectivity index (χ2n) is 7.62. The van der Waals surface area contributed by atoms with Crippen molar-refractivity contribution >= 4 is 21.6 Å². The Bertz CT molecular complexity index is 1390. The maximum absolute atomic E-state index is 14.6. The number of thiophene rings is 1. The monoisotopic (exact) mass is 457 g/mol. The zero-order chi connectivity index (χ0) is 22.8. The van der Waals surface area contributed by atoms with Crippen LogP contribution in [-0.2, 0) is 6.42 Å². The van der Waals surface area contributed by atoms with Gasteiger partial charge in [-0.2, -0.15) is 0 Å². The first kappa shape index (κ1) is 21.2. The fourth-order valence-electron chi connectivity index (χ4n) is 3.70. The number of nitrogens with two attached hydrogens (primary N) is 2. The predicted molar refractivity (Wildman–Crippen MR) is 127 cm³/mol. The van der Waals surface area contributed by atoms with Crippen molar-refractivity contribution in [3.63, 3.8) is 0 Å². The number of aromatic nitrogens is 5. The van der Waals surface area contributed by atoms with Gasteiger partial charge in [0.2, 0.25) is 0 Å². The molecule has 7 nitrogen and oxygen atoms in total. The number of hydrogen-bond donors (Lipinski definition) is 2. The fraction of sp³-hybridized carbons (Fsp3) is 0.125. The SMILES string of the molecule is NC(Cc1ccccc1)C(N)c1nc(-c2ccncc2F)nc2c(-c3cncnc3)csc12. The van der Waals surface area contributed by atoms with Crippen molar-refractivity contribution in [2.24, 2.45) is 11.5 Å². The molecule has 0 saturated heterocycles. The number of nitrogens with zero attached hydrogens (tertiary/aromatic N) is 5. The molecular formula is C24H20FN7S. The van der Waals surface area contributed by atoms with Crippen LogP contribution in [0, 0.1) is 5.82 Å². The largest absolute Gasteiger partial charge is 0.326 e. The molecule has 2 atom stereocenters. The normalized spacial score (nSPS) is 13.2. The Labute approximate surface area is 193 Å². The molecule has 9 heteroatoms. The van der Waals surface area contributed by atoms with Gasteiger partial charge in [0.15, 0.2) is 11.6 Å². The van der Waals surface area contributed by atoms with Gasteiger partial charge in [-0.25, -0.2) is 24.3 Å². The number of rotatable bonds is 6. The number of pyridine rings is 1. The first-order valence-electron chi connectivity index (χ1n) is 10.3. The van der Waals surface area contributed by atoms with Gasteiger partial charge in [-0.15, -0.1) is 11.3 Å². The highest BCUT2D eigenvalue weighted by Gasteiger charge is 2.25. The smallest absolute Gasteiger partial charge is 0.163 e. The molecule has 4 aromatic heterocycles. The molecule has 2 unspecified atom stereocenters. The Morgan fingerprint density at radius 1 is 0.909 bits per heavy atom. The molecule has 33 heavy (non-hydrogen) atoms. The molecule has 5 rings (SSSR count). The van der Waals surface area contributed by atoms with Crippen molar-refractivity contribution in [2.75, 3.05) is 0 Å². The molecule has 1 aromatic carbocycles. The van der Waals surface area contributed by atoms with Crippen LogP contribution in [-0.4, -0.2) is 31.0 Å². The summed E-state index contributed by atoms with van der Waals surface area (Å²) in [5.41, 5.74) is 17.4. The Hall–Kier alpha value is -3.66. The summed E-state index contributed by atoms with van der Waals surface area (Å²) in [5, 5.41) is 1.96. The molecule has 0 amide bonds. The van der Waals surface area contributed by atoms with E-state index in [-0.39, 0.29) is 11.4 Å². The lowest BCUT2D eigenvalue weighted by Gasteiger charge is -2.21. The first-order valence-corrected chi connectivity index (χ1v) is 11.2. The zero-order valence-corrected chi connectivity index (χ0v) is 18.3. The summed E-state index contributed by atoms with van der Waals surface area (Å²) in [6.45, 7) is 0. The van der Waals surface area contributed by atoms with Crippen molar-refractivity contribution in [1.29, 1.82) is 0 Å². The Kier molecular flexibility index (Phi) is 5.82. The van der Waals surface area contributed by atoms with E-state index in [1.165, 1.54) is 23.9 Å².